The summed E-state index contributed by atoms with van der Waals surface area (Å²) >= 11 is 5.97. The molecule has 4 heterocycles. The van der Waals surface area contributed by atoms with Gasteiger partial charge in [0.25, 0.3) is 0 Å². The van der Waals surface area contributed by atoms with Crippen molar-refractivity contribution in [2.24, 2.45) is 5.73 Å². The van der Waals surface area contributed by atoms with Crippen molar-refractivity contribution in [2.45, 2.75) is 48.5 Å². The molecule has 4 aromatic heterocycles. The van der Waals surface area contributed by atoms with Crippen molar-refractivity contribution < 1.29 is 32.5 Å². The van der Waals surface area contributed by atoms with E-state index in [4.69, 9.17) is 36.3 Å². The van der Waals surface area contributed by atoms with E-state index < -0.39 is 11.8 Å². The van der Waals surface area contributed by atoms with Crippen molar-refractivity contribution in [3.8, 4) is 40.0 Å². The molecule has 0 fully saturated rings. The summed E-state index contributed by atoms with van der Waals surface area (Å²) in [5, 5.41) is 6.61. The first kappa shape index (κ1) is 47.9. The first-order valence-corrected chi connectivity index (χ1v) is 19.5. The molecule has 0 amide bonds. The van der Waals surface area contributed by atoms with Crippen LogP contribution in [0.2, 0.25) is 5.02 Å². The van der Waals surface area contributed by atoms with E-state index in [0.29, 0.717) is 52.5 Å². The lowest BCUT2D eigenvalue weighted by atomic mass is 10.1. The number of anilines is 4. The molecule has 6 rings (SSSR count). The minimum absolute atomic E-state index is 0.112. The maximum Gasteiger partial charge on any atom is 0.344 e. The first-order chi connectivity index (χ1) is 29.1. The fourth-order valence-corrected chi connectivity index (χ4v) is 5.06. The highest BCUT2D eigenvalue weighted by Gasteiger charge is 2.17. The Morgan fingerprint density at radius 2 is 1.33 bits per heavy atom. The van der Waals surface area contributed by atoms with E-state index in [1.165, 1.54) is 56.2 Å². The van der Waals surface area contributed by atoms with Crippen LogP contribution in [0.25, 0.3) is 22.8 Å². The fourth-order valence-electron chi connectivity index (χ4n) is 4.89. The average Bonchev–Trinajstić information content (AvgIpc) is 3.27. The van der Waals surface area contributed by atoms with E-state index in [0.717, 1.165) is 16.8 Å². The van der Waals surface area contributed by atoms with Gasteiger partial charge in [-0.25, -0.2) is 33.5 Å². The Kier molecular flexibility index (Phi) is 20.0. The summed E-state index contributed by atoms with van der Waals surface area (Å²) in [6, 6.07) is 12.4. The van der Waals surface area contributed by atoms with Gasteiger partial charge in [-0.15, -0.1) is 0 Å². The predicted molar refractivity (Wildman–Crippen MR) is 230 cm³/mol. The van der Waals surface area contributed by atoms with Crippen molar-refractivity contribution in [3.63, 3.8) is 0 Å². The zero-order valence-electron chi connectivity index (χ0n) is 34.8. The number of methoxy groups -OCH3 is 1. The van der Waals surface area contributed by atoms with Gasteiger partial charge in [0.2, 0.25) is 0 Å². The molecule has 0 aliphatic heterocycles. The van der Waals surface area contributed by atoms with Crippen molar-refractivity contribution in [1.82, 2.24) is 29.9 Å². The fraction of sp³-hybridized carbons (Fsp3) is 0.279. The van der Waals surface area contributed by atoms with Crippen LogP contribution in [-0.2, 0) is 9.53 Å². The number of benzene rings is 2. The molecule has 2 aromatic carbocycles. The molecule has 0 bridgehead atoms. The smallest absolute Gasteiger partial charge is 0.344 e. The van der Waals surface area contributed by atoms with Crippen LogP contribution in [-0.4, -0.2) is 69.3 Å². The third-order valence-electron chi connectivity index (χ3n) is 7.60. The van der Waals surface area contributed by atoms with Crippen molar-refractivity contribution >= 4 is 40.6 Å². The number of nitrogens with one attached hydrogen (secondary N) is 2. The Bertz CT molecular complexity index is 2290. The van der Waals surface area contributed by atoms with Gasteiger partial charge in [-0.1, -0.05) is 50.9 Å². The maximum absolute atomic E-state index is 14.2. The van der Waals surface area contributed by atoms with Crippen LogP contribution in [0.4, 0.5) is 31.8 Å². The minimum Gasteiger partial charge on any atom is -0.491 e. The molecule has 6 aromatic rings. The average molecular weight is 846 g/mol. The summed E-state index contributed by atoms with van der Waals surface area (Å²) in [4.78, 5) is 36.9. The number of nitrogens with zero attached hydrogens (tertiary/aromatic N) is 6. The Labute approximate surface area is 353 Å². The molecule has 17 heteroatoms. The minimum atomic E-state index is -0.516. The zero-order chi connectivity index (χ0) is 44.0. The number of pyridine rings is 2. The van der Waals surface area contributed by atoms with E-state index in [2.05, 4.69) is 40.5 Å². The maximum atomic E-state index is 14.2. The Balaban J connectivity index is 0.000000298. The van der Waals surface area contributed by atoms with Gasteiger partial charge in [0.15, 0.2) is 47.1 Å². The molecular weight excluding hydrogens is 796 g/mol. The van der Waals surface area contributed by atoms with E-state index in [1.807, 2.05) is 47.6 Å². The molecule has 0 saturated carbocycles. The van der Waals surface area contributed by atoms with Gasteiger partial charge in [0, 0.05) is 35.8 Å². The number of carbonyl (C=O) groups is 1. The van der Waals surface area contributed by atoms with Gasteiger partial charge < -0.3 is 35.3 Å². The molecule has 60 heavy (non-hydrogen) atoms. The Morgan fingerprint density at radius 3 is 1.97 bits per heavy atom. The second-order valence-corrected chi connectivity index (χ2v) is 12.1. The lowest BCUT2D eigenvalue weighted by Crippen LogP contribution is -2.15. The molecule has 0 spiro atoms. The summed E-state index contributed by atoms with van der Waals surface area (Å²) in [6.45, 7) is 14.2. The number of hydrogen-bond donors (Lipinski definition) is 3. The van der Waals surface area contributed by atoms with Gasteiger partial charge in [-0.05, 0) is 68.8 Å². The van der Waals surface area contributed by atoms with Crippen LogP contribution in [0.1, 0.15) is 45.7 Å². The van der Waals surface area contributed by atoms with Crippen LogP contribution >= 0.6 is 11.6 Å². The molecule has 4 N–H and O–H groups in total. The Hall–Kier alpha value is -6.52. The molecule has 0 radical (unpaired) electrons. The molecular formula is C43H50ClF2N9O5. The Morgan fingerprint density at radius 1 is 0.750 bits per heavy atom. The molecule has 0 saturated heterocycles. The third kappa shape index (κ3) is 13.8. The normalized spacial score (nSPS) is 10.0. The third-order valence-corrected chi connectivity index (χ3v) is 7.83. The second-order valence-electron chi connectivity index (χ2n) is 11.7. The summed E-state index contributed by atoms with van der Waals surface area (Å²) in [5.74, 6) is 0.745. The number of hydrogen-bond acceptors (Lipinski definition) is 14. The molecule has 0 aliphatic rings. The van der Waals surface area contributed by atoms with Crippen LogP contribution in [0, 0.1) is 25.5 Å². The van der Waals surface area contributed by atoms with E-state index in [9.17, 15) is 13.6 Å². The summed E-state index contributed by atoms with van der Waals surface area (Å²) < 4.78 is 49.7. The van der Waals surface area contributed by atoms with Crippen LogP contribution in [0.3, 0.4) is 0 Å². The van der Waals surface area contributed by atoms with Crippen molar-refractivity contribution in [3.05, 3.63) is 113 Å². The van der Waals surface area contributed by atoms with Crippen molar-refractivity contribution in [2.75, 3.05) is 44.1 Å². The lowest BCUT2D eigenvalue weighted by Gasteiger charge is -2.14. The molecule has 0 aliphatic carbocycles. The number of esters is 1. The van der Waals surface area contributed by atoms with Crippen LogP contribution in [0.15, 0.2) is 85.7 Å². The van der Waals surface area contributed by atoms with E-state index >= 15 is 0 Å². The van der Waals surface area contributed by atoms with Gasteiger partial charge >= 0.3 is 5.97 Å². The summed E-state index contributed by atoms with van der Waals surface area (Å²) in [6.07, 6.45) is 9.32. The standard InChI is InChI=1S/C20H18ClFN4O4.C19H20FN5O.2C2H6/c1-3-29-18(27)11-30-16-9-23-7-6-15(16)25-20-17(28-2)10-24-19(26-20)13-8-12(21)4-5-14(13)22;1-12-3-4-15(20)14(9-12)18-23-11-17(26-8-6-21)19(25-18)24-16-5-7-22-10-13(16)2;2*1-2/h4-10H,3,11H2,1-2H3,(H,23,24,25,26);3-5,7,9-11H,6,8,21H2,1-2H3,(H,22,23,24,25);2*1-2H3. The quantitative estimate of drug-likeness (QED) is 0.0882. The number of aromatic nitrogens is 6. The number of aryl methyl sites for hydroxylation is 2. The number of rotatable bonds is 14. The molecule has 318 valence electrons. The van der Waals surface area contributed by atoms with Crippen molar-refractivity contribution in [1.29, 1.82) is 0 Å². The highest BCUT2D eigenvalue weighted by Crippen LogP contribution is 2.33. The van der Waals surface area contributed by atoms with E-state index in [-0.39, 0.29) is 42.1 Å². The SMILES string of the molecule is CC.CC.CCOC(=O)COc1cnccc1Nc1nc(-c2cc(Cl)ccc2F)ncc1OC.Cc1ccc(F)c(-c2ncc(OCCN)c(Nc3ccncc3C)n2)c1. The highest BCUT2D eigenvalue weighted by molar-refractivity contribution is 6.30. The highest BCUT2D eigenvalue weighted by atomic mass is 35.5. The number of halogens is 3. The summed E-state index contributed by atoms with van der Waals surface area (Å²) in [5.41, 5.74) is 9.15. The van der Waals surface area contributed by atoms with Gasteiger partial charge in [-0.2, -0.15) is 0 Å². The summed E-state index contributed by atoms with van der Waals surface area (Å²) in [7, 11) is 1.45. The van der Waals surface area contributed by atoms with Crippen LogP contribution < -0.4 is 30.6 Å². The number of ether oxygens (including phenoxy) is 4. The van der Waals surface area contributed by atoms with Gasteiger partial charge in [0.05, 0.1) is 49.1 Å². The largest absolute Gasteiger partial charge is 0.491 e. The number of carbonyl (C=O) groups excluding carboxylic acids is 1. The molecule has 14 nitrogen and oxygen atoms in total. The molecule has 0 unspecified atom stereocenters. The zero-order valence-corrected chi connectivity index (χ0v) is 35.6. The second kappa shape index (κ2) is 25.1. The lowest BCUT2D eigenvalue weighted by molar-refractivity contribution is -0.145. The monoisotopic (exact) mass is 845 g/mol. The first-order valence-electron chi connectivity index (χ1n) is 19.1. The topological polar surface area (TPSA) is 181 Å². The van der Waals surface area contributed by atoms with Gasteiger partial charge in [0.1, 0.15) is 18.2 Å². The number of nitrogens with two attached hydrogens (primary N) is 1. The van der Waals surface area contributed by atoms with Crippen LogP contribution in [0.5, 0.6) is 17.2 Å². The van der Waals surface area contributed by atoms with Gasteiger partial charge in [-0.3, -0.25) is 9.97 Å². The molecule has 0 atom stereocenters. The predicted octanol–water partition coefficient (Wildman–Crippen LogP) is 9.45. The van der Waals surface area contributed by atoms with E-state index in [1.54, 1.807) is 37.5 Å².